The molecular formula is C23H26O2S. The molecule has 1 aliphatic rings. The molecular weight excluding hydrogens is 340 g/mol. The van der Waals surface area contributed by atoms with Crippen LogP contribution in [0, 0.1) is 5.92 Å². The molecule has 3 heteroatoms. The fourth-order valence-electron chi connectivity index (χ4n) is 3.14. The lowest BCUT2D eigenvalue weighted by molar-refractivity contribution is 0.0526. The Morgan fingerprint density at radius 3 is 2.65 bits per heavy atom. The smallest absolute Gasteiger partial charge is 0.338 e. The summed E-state index contributed by atoms with van der Waals surface area (Å²) in [6.45, 7) is 6.70. The number of hydrogen-bond donors (Lipinski definition) is 0. The van der Waals surface area contributed by atoms with Crippen molar-refractivity contribution in [3.8, 4) is 0 Å². The number of carbonyl (C=O) groups is 1. The van der Waals surface area contributed by atoms with Gasteiger partial charge in [-0.25, -0.2) is 4.79 Å². The van der Waals surface area contributed by atoms with Gasteiger partial charge in [0.1, 0.15) is 0 Å². The quantitative estimate of drug-likeness (QED) is 0.483. The first-order chi connectivity index (χ1) is 12.6. The van der Waals surface area contributed by atoms with Crippen LogP contribution in [0.15, 0.2) is 47.4 Å². The molecule has 26 heavy (non-hydrogen) atoms. The Labute approximate surface area is 160 Å². The monoisotopic (exact) mass is 366 g/mol. The number of thioether (sulfide) groups is 1. The number of rotatable bonds is 4. The lowest BCUT2D eigenvalue weighted by atomic mass is 9.98. The van der Waals surface area contributed by atoms with E-state index in [4.69, 9.17) is 4.74 Å². The predicted octanol–water partition coefficient (Wildman–Crippen LogP) is 6.10. The summed E-state index contributed by atoms with van der Waals surface area (Å²) in [5, 5.41) is 0. The number of hydrogen-bond acceptors (Lipinski definition) is 3. The number of fused-ring (bicyclic) bond motifs is 1. The third-order valence-corrected chi connectivity index (χ3v) is 6.20. The lowest BCUT2D eigenvalue weighted by Crippen LogP contribution is -2.03. The SMILES string of the molecule is CCOC(=O)c1ccc(C=C(C)c2ccc3c(c2)CCC(C)CS3)cc1. The highest BCUT2D eigenvalue weighted by molar-refractivity contribution is 7.99. The van der Waals surface area contributed by atoms with E-state index >= 15 is 0 Å². The van der Waals surface area contributed by atoms with Crippen LogP contribution in [-0.2, 0) is 11.2 Å². The second kappa shape index (κ2) is 8.59. The van der Waals surface area contributed by atoms with Crippen molar-refractivity contribution >= 4 is 29.4 Å². The molecule has 2 nitrogen and oxygen atoms in total. The number of aryl methyl sites for hydroxylation is 1. The highest BCUT2D eigenvalue weighted by Gasteiger charge is 2.14. The van der Waals surface area contributed by atoms with Crippen LogP contribution in [0.2, 0.25) is 0 Å². The van der Waals surface area contributed by atoms with E-state index in [0.29, 0.717) is 12.2 Å². The summed E-state index contributed by atoms with van der Waals surface area (Å²) in [7, 11) is 0. The molecule has 136 valence electrons. The van der Waals surface area contributed by atoms with Crippen molar-refractivity contribution in [2.24, 2.45) is 5.92 Å². The standard InChI is InChI=1S/C23H26O2S/c1-4-25-23(24)19-9-6-18(7-10-19)13-17(3)20-11-12-22-21(14-20)8-5-16(2)15-26-22/h6-7,9-14,16H,4-5,8,15H2,1-3H3. The summed E-state index contributed by atoms with van der Waals surface area (Å²) >= 11 is 1.99. The van der Waals surface area contributed by atoms with Crippen molar-refractivity contribution in [2.45, 2.75) is 38.5 Å². The average molecular weight is 367 g/mol. The molecule has 3 rings (SSSR count). The molecule has 1 aliphatic heterocycles. The zero-order chi connectivity index (χ0) is 18.5. The maximum Gasteiger partial charge on any atom is 0.338 e. The lowest BCUT2D eigenvalue weighted by Gasteiger charge is -2.09. The molecule has 0 saturated heterocycles. The second-order valence-corrected chi connectivity index (χ2v) is 8.01. The van der Waals surface area contributed by atoms with Crippen LogP contribution in [0.4, 0.5) is 0 Å². The largest absolute Gasteiger partial charge is 0.462 e. The van der Waals surface area contributed by atoms with Crippen LogP contribution in [0.3, 0.4) is 0 Å². The van der Waals surface area contributed by atoms with E-state index in [9.17, 15) is 4.79 Å². The Balaban J connectivity index is 1.78. The molecule has 0 radical (unpaired) electrons. The van der Waals surface area contributed by atoms with Gasteiger partial charge in [-0.3, -0.25) is 0 Å². The van der Waals surface area contributed by atoms with Crippen LogP contribution >= 0.6 is 11.8 Å². The maximum atomic E-state index is 11.7. The second-order valence-electron chi connectivity index (χ2n) is 6.95. The number of carbonyl (C=O) groups excluding carboxylic acids is 1. The van der Waals surface area contributed by atoms with Gasteiger partial charge in [0, 0.05) is 10.6 Å². The van der Waals surface area contributed by atoms with Crippen LogP contribution in [0.5, 0.6) is 0 Å². The molecule has 0 aliphatic carbocycles. The van der Waals surface area contributed by atoms with Crippen LogP contribution in [-0.4, -0.2) is 18.3 Å². The molecule has 0 aromatic heterocycles. The van der Waals surface area contributed by atoms with Crippen molar-refractivity contribution in [1.82, 2.24) is 0 Å². The maximum absolute atomic E-state index is 11.7. The normalized spacial score (nSPS) is 17.3. The summed E-state index contributed by atoms with van der Waals surface area (Å²) in [4.78, 5) is 13.2. The van der Waals surface area contributed by atoms with E-state index in [1.807, 2.05) is 43.0 Å². The topological polar surface area (TPSA) is 26.3 Å². The fraction of sp³-hybridized carbons (Fsp3) is 0.348. The molecule has 0 N–H and O–H groups in total. The summed E-state index contributed by atoms with van der Waals surface area (Å²) < 4.78 is 5.03. The van der Waals surface area contributed by atoms with Crippen LogP contribution in [0.25, 0.3) is 11.6 Å². The molecule has 2 aromatic carbocycles. The van der Waals surface area contributed by atoms with E-state index in [1.54, 1.807) is 0 Å². The Kier molecular flexibility index (Phi) is 6.20. The first-order valence-corrected chi connectivity index (χ1v) is 10.3. The minimum absolute atomic E-state index is 0.266. The fourth-order valence-corrected chi connectivity index (χ4v) is 4.28. The highest BCUT2D eigenvalue weighted by Crippen LogP contribution is 2.33. The van der Waals surface area contributed by atoms with Gasteiger partial charge >= 0.3 is 5.97 Å². The van der Waals surface area contributed by atoms with Crippen LogP contribution in [0.1, 0.15) is 54.2 Å². The van der Waals surface area contributed by atoms with Gasteiger partial charge in [-0.2, -0.15) is 0 Å². The van der Waals surface area contributed by atoms with Crippen LogP contribution < -0.4 is 0 Å². The third kappa shape index (κ3) is 4.59. The Morgan fingerprint density at radius 1 is 1.19 bits per heavy atom. The molecule has 1 unspecified atom stereocenters. The molecule has 0 bridgehead atoms. The average Bonchev–Trinajstić information content (AvgIpc) is 2.84. The third-order valence-electron chi connectivity index (χ3n) is 4.75. The van der Waals surface area contributed by atoms with Crippen molar-refractivity contribution in [2.75, 3.05) is 12.4 Å². The molecule has 0 saturated carbocycles. The van der Waals surface area contributed by atoms with E-state index in [1.165, 1.54) is 40.2 Å². The Bertz CT molecular complexity index is 805. The van der Waals surface area contributed by atoms with Crippen molar-refractivity contribution in [1.29, 1.82) is 0 Å². The van der Waals surface area contributed by atoms with Gasteiger partial charge in [0.15, 0.2) is 0 Å². The summed E-state index contributed by atoms with van der Waals surface area (Å²) in [5.74, 6) is 1.73. The number of ether oxygens (including phenoxy) is 1. The minimum Gasteiger partial charge on any atom is -0.462 e. The minimum atomic E-state index is -0.266. The van der Waals surface area contributed by atoms with Gasteiger partial charge < -0.3 is 4.74 Å². The molecule has 2 aromatic rings. The van der Waals surface area contributed by atoms with Gasteiger partial charge in [0.25, 0.3) is 0 Å². The van der Waals surface area contributed by atoms with Gasteiger partial charge in [-0.1, -0.05) is 37.3 Å². The first-order valence-electron chi connectivity index (χ1n) is 9.28. The van der Waals surface area contributed by atoms with Gasteiger partial charge in [0.2, 0.25) is 0 Å². The molecule has 0 amide bonds. The zero-order valence-electron chi connectivity index (χ0n) is 15.7. The van der Waals surface area contributed by atoms with E-state index in [-0.39, 0.29) is 5.97 Å². The van der Waals surface area contributed by atoms with Gasteiger partial charge in [0.05, 0.1) is 12.2 Å². The number of benzene rings is 2. The Hall–Kier alpha value is -2.00. The van der Waals surface area contributed by atoms with Gasteiger partial charge in [-0.05, 0) is 73.1 Å². The molecule has 0 fully saturated rings. The molecule has 1 heterocycles. The van der Waals surface area contributed by atoms with Gasteiger partial charge in [-0.15, -0.1) is 11.8 Å². The number of esters is 1. The Morgan fingerprint density at radius 2 is 1.92 bits per heavy atom. The van der Waals surface area contributed by atoms with Crippen molar-refractivity contribution < 1.29 is 9.53 Å². The van der Waals surface area contributed by atoms with E-state index in [0.717, 1.165) is 11.5 Å². The van der Waals surface area contributed by atoms with E-state index < -0.39 is 0 Å². The van der Waals surface area contributed by atoms with E-state index in [2.05, 4.69) is 38.1 Å². The van der Waals surface area contributed by atoms with Crippen molar-refractivity contribution in [3.05, 3.63) is 64.7 Å². The summed E-state index contributed by atoms with van der Waals surface area (Å²) in [5.41, 5.74) is 5.67. The summed E-state index contributed by atoms with van der Waals surface area (Å²) in [6, 6.07) is 14.4. The van der Waals surface area contributed by atoms with Crippen molar-refractivity contribution in [3.63, 3.8) is 0 Å². The molecule has 0 spiro atoms. The first kappa shape index (κ1) is 18.8. The zero-order valence-corrected chi connectivity index (χ0v) is 16.6. The summed E-state index contributed by atoms with van der Waals surface area (Å²) in [6.07, 6.45) is 4.60. The molecule has 1 atom stereocenters. The predicted molar refractivity (Wildman–Crippen MR) is 111 cm³/mol. The number of allylic oxidation sites excluding steroid dienone is 1. The highest BCUT2D eigenvalue weighted by atomic mass is 32.2.